The smallest absolute Gasteiger partial charge is 0.272 e. The van der Waals surface area contributed by atoms with Crippen LogP contribution in [0.1, 0.15) is 58.7 Å². The molecule has 5 heteroatoms. The second-order valence-electron chi connectivity index (χ2n) is 8.61. The molecule has 172 valence electrons. The molecule has 0 N–H and O–H groups in total. The quantitative estimate of drug-likeness (QED) is 0.310. The molecular weight excluding hydrogens is 422 g/mol. The number of benzene rings is 2. The van der Waals surface area contributed by atoms with Crippen molar-refractivity contribution >= 4 is 22.6 Å². The van der Waals surface area contributed by atoms with Crippen LogP contribution < -0.4 is 0 Å². The molecule has 0 unspecified atom stereocenters. The molecule has 0 saturated carbocycles. The second-order valence-corrected chi connectivity index (χ2v) is 8.61. The van der Waals surface area contributed by atoms with Crippen molar-refractivity contribution in [1.82, 2.24) is 14.9 Å². The average Bonchev–Trinajstić information content (AvgIpc) is 2.87. The summed E-state index contributed by atoms with van der Waals surface area (Å²) in [6.07, 6.45) is 6.08. The summed E-state index contributed by atoms with van der Waals surface area (Å²) in [6.45, 7) is 4.41. The molecule has 1 amide bonds. The number of unbranched alkanes of at least 4 members (excludes halogenated alkanes) is 1. The van der Waals surface area contributed by atoms with E-state index in [0.29, 0.717) is 17.7 Å². The Balaban J connectivity index is 1.71. The van der Waals surface area contributed by atoms with E-state index in [2.05, 4.69) is 35.1 Å². The van der Waals surface area contributed by atoms with Crippen LogP contribution in [0.25, 0.3) is 22.0 Å². The van der Waals surface area contributed by atoms with E-state index in [4.69, 9.17) is 0 Å². The Labute approximate surface area is 200 Å². The van der Waals surface area contributed by atoms with Crippen LogP contribution in [-0.2, 0) is 6.42 Å². The fourth-order valence-electron chi connectivity index (χ4n) is 4.10. The van der Waals surface area contributed by atoms with Crippen LogP contribution in [0.5, 0.6) is 0 Å². The number of carbonyl (C=O) groups is 2. The minimum atomic E-state index is -0.0704. The van der Waals surface area contributed by atoms with Crippen LogP contribution in [0.15, 0.2) is 73.1 Å². The van der Waals surface area contributed by atoms with Gasteiger partial charge in [0.15, 0.2) is 5.78 Å². The fourth-order valence-corrected chi connectivity index (χ4v) is 4.10. The molecule has 0 aliphatic heterocycles. The molecule has 0 fully saturated rings. The highest BCUT2D eigenvalue weighted by Crippen LogP contribution is 2.29. The molecule has 4 aromatic rings. The van der Waals surface area contributed by atoms with Gasteiger partial charge in [0.05, 0.1) is 5.52 Å². The first kappa shape index (κ1) is 23.3. The van der Waals surface area contributed by atoms with Crippen molar-refractivity contribution in [3.63, 3.8) is 0 Å². The van der Waals surface area contributed by atoms with Gasteiger partial charge in [-0.15, -0.1) is 0 Å². The standard InChI is InChI=1S/C29H29N3O2/c1-4-5-15-32(3)29(34)28-14-12-23(18-30-28)22-11-13-27-25(17-22)24(26(19-31-27)20(2)33)16-21-9-7-6-8-10-21/h6-14,17-19H,4-5,15-16H2,1-3H3. The van der Waals surface area contributed by atoms with E-state index in [0.717, 1.165) is 52.5 Å². The van der Waals surface area contributed by atoms with E-state index >= 15 is 0 Å². The molecule has 2 aromatic carbocycles. The number of ketones is 1. The lowest BCUT2D eigenvalue weighted by Crippen LogP contribution is -2.28. The van der Waals surface area contributed by atoms with Crippen molar-refractivity contribution in [2.75, 3.05) is 13.6 Å². The van der Waals surface area contributed by atoms with Crippen molar-refractivity contribution < 1.29 is 9.59 Å². The molecule has 2 aromatic heterocycles. The van der Waals surface area contributed by atoms with Crippen LogP contribution in [-0.4, -0.2) is 40.2 Å². The molecule has 0 spiro atoms. The molecule has 0 radical (unpaired) electrons. The minimum absolute atomic E-state index is 0.00228. The van der Waals surface area contributed by atoms with Crippen molar-refractivity contribution in [2.24, 2.45) is 0 Å². The third kappa shape index (κ3) is 5.04. The lowest BCUT2D eigenvalue weighted by Gasteiger charge is -2.16. The summed E-state index contributed by atoms with van der Waals surface area (Å²) < 4.78 is 0. The molecular formula is C29H29N3O2. The summed E-state index contributed by atoms with van der Waals surface area (Å²) in [5.41, 5.74) is 5.92. The van der Waals surface area contributed by atoms with Gasteiger partial charge < -0.3 is 4.90 Å². The highest BCUT2D eigenvalue weighted by Gasteiger charge is 2.15. The Hall–Kier alpha value is -3.86. The number of hydrogen-bond donors (Lipinski definition) is 0. The highest BCUT2D eigenvalue weighted by atomic mass is 16.2. The zero-order valence-electron chi connectivity index (χ0n) is 19.9. The summed E-state index contributed by atoms with van der Waals surface area (Å²) in [5, 5.41) is 0.952. The molecule has 34 heavy (non-hydrogen) atoms. The number of hydrogen-bond acceptors (Lipinski definition) is 4. The van der Waals surface area contributed by atoms with Gasteiger partial charge in [-0.1, -0.05) is 55.8 Å². The SMILES string of the molecule is CCCCN(C)C(=O)c1ccc(-c2ccc3ncc(C(C)=O)c(Cc4ccccc4)c3c2)cn1. The van der Waals surface area contributed by atoms with Gasteiger partial charge in [0.1, 0.15) is 5.69 Å². The first-order chi connectivity index (χ1) is 16.5. The summed E-state index contributed by atoms with van der Waals surface area (Å²) >= 11 is 0. The van der Waals surface area contributed by atoms with Crippen LogP contribution in [0, 0.1) is 0 Å². The maximum atomic E-state index is 12.6. The average molecular weight is 452 g/mol. The summed E-state index contributed by atoms with van der Waals surface area (Å²) in [5.74, 6) is -0.0681. The normalized spacial score (nSPS) is 10.9. The number of Topliss-reactive ketones (excluding diaryl/α,β-unsaturated/α-hetero) is 1. The topological polar surface area (TPSA) is 63.2 Å². The number of amides is 1. The Morgan fingerprint density at radius 3 is 2.35 bits per heavy atom. The summed E-state index contributed by atoms with van der Waals surface area (Å²) in [6, 6.07) is 19.9. The van der Waals surface area contributed by atoms with Gasteiger partial charge in [-0.2, -0.15) is 0 Å². The van der Waals surface area contributed by atoms with Gasteiger partial charge in [0, 0.05) is 42.5 Å². The first-order valence-electron chi connectivity index (χ1n) is 11.7. The lowest BCUT2D eigenvalue weighted by atomic mass is 9.93. The number of fused-ring (bicyclic) bond motifs is 1. The first-order valence-corrected chi connectivity index (χ1v) is 11.7. The van der Waals surface area contributed by atoms with Crippen LogP contribution >= 0.6 is 0 Å². The number of nitrogens with zero attached hydrogens (tertiary/aromatic N) is 3. The maximum Gasteiger partial charge on any atom is 0.272 e. The largest absolute Gasteiger partial charge is 0.340 e. The van der Waals surface area contributed by atoms with Crippen molar-refractivity contribution in [3.8, 4) is 11.1 Å². The van der Waals surface area contributed by atoms with Gasteiger partial charge in [0.2, 0.25) is 0 Å². The van der Waals surface area contributed by atoms with Gasteiger partial charge in [0.25, 0.3) is 5.91 Å². The van der Waals surface area contributed by atoms with E-state index in [-0.39, 0.29) is 11.7 Å². The summed E-state index contributed by atoms with van der Waals surface area (Å²) in [4.78, 5) is 35.7. The van der Waals surface area contributed by atoms with Gasteiger partial charge in [-0.05, 0) is 54.7 Å². The third-order valence-electron chi connectivity index (χ3n) is 6.09. The number of carbonyl (C=O) groups excluding carboxylic acids is 2. The lowest BCUT2D eigenvalue weighted by molar-refractivity contribution is 0.0787. The fraction of sp³-hybridized carbons (Fsp3) is 0.241. The number of pyridine rings is 2. The zero-order chi connectivity index (χ0) is 24.1. The predicted octanol–water partition coefficient (Wildman–Crippen LogP) is 5.96. The van der Waals surface area contributed by atoms with Gasteiger partial charge in [-0.3, -0.25) is 19.6 Å². The number of aromatic nitrogens is 2. The molecule has 0 bridgehead atoms. The molecule has 4 rings (SSSR count). The third-order valence-corrected chi connectivity index (χ3v) is 6.09. The maximum absolute atomic E-state index is 12.6. The van der Waals surface area contributed by atoms with E-state index < -0.39 is 0 Å². The Bertz CT molecular complexity index is 1310. The molecule has 2 heterocycles. The molecule has 0 saturated heterocycles. The van der Waals surface area contributed by atoms with E-state index in [1.54, 1.807) is 30.3 Å². The van der Waals surface area contributed by atoms with Crippen LogP contribution in [0.4, 0.5) is 0 Å². The van der Waals surface area contributed by atoms with E-state index in [9.17, 15) is 9.59 Å². The zero-order valence-corrected chi connectivity index (χ0v) is 19.9. The second kappa shape index (κ2) is 10.4. The van der Waals surface area contributed by atoms with Gasteiger partial charge in [-0.25, -0.2) is 0 Å². The monoisotopic (exact) mass is 451 g/mol. The Kier molecular flexibility index (Phi) is 7.12. The van der Waals surface area contributed by atoms with Crippen LogP contribution in [0.2, 0.25) is 0 Å². The summed E-state index contributed by atoms with van der Waals surface area (Å²) in [7, 11) is 1.81. The minimum Gasteiger partial charge on any atom is -0.340 e. The van der Waals surface area contributed by atoms with Crippen molar-refractivity contribution in [3.05, 3.63) is 95.4 Å². The predicted molar refractivity (Wildman–Crippen MR) is 136 cm³/mol. The molecule has 0 aliphatic carbocycles. The molecule has 5 nitrogen and oxygen atoms in total. The van der Waals surface area contributed by atoms with Crippen molar-refractivity contribution in [2.45, 2.75) is 33.1 Å². The molecule has 0 atom stereocenters. The Morgan fingerprint density at radius 2 is 1.68 bits per heavy atom. The molecule has 0 aliphatic rings. The number of rotatable bonds is 8. The highest BCUT2D eigenvalue weighted by molar-refractivity contribution is 6.01. The van der Waals surface area contributed by atoms with Crippen LogP contribution in [0.3, 0.4) is 0 Å². The Morgan fingerprint density at radius 1 is 0.912 bits per heavy atom. The van der Waals surface area contributed by atoms with Gasteiger partial charge >= 0.3 is 0 Å². The van der Waals surface area contributed by atoms with E-state index in [1.165, 1.54) is 0 Å². The van der Waals surface area contributed by atoms with E-state index in [1.807, 2.05) is 43.4 Å². The van der Waals surface area contributed by atoms with Crippen molar-refractivity contribution in [1.29, 1.82) is 0 Å².